The van der Waals surface area contributed by atoms with Crippen molar-refractivity contribution in [2.24, 2.45) is 0 Å². The summed E-state index contributed by atoms with van der Waals surface area (Å²) in [6.07, 6.45) is 0. The standard InChI is InChI=1S/C20H23ClN2O4/c1-11(2)23(12(3)4)20(27)17-8-13-5-6-15(21)7-14(13)9-16(17)19(26)22-10-18(24)25/h5-9,11-12H,10H2,1-4H3,(H,22,26)(H,24,25). The molecule has 0 aliphatic carbocycles. The Bertz CT molecular complexity index is 885. The summed E-state index contributed by atoms with van der Waals surface area (Å²) >= 11 is 6.04. The zero-order chi connectivity index (χ0) is 20.3. The lowest BCUT2D eigenvalue weighted by atomic mass is 9.98. The fraction of sp³-hybridized carbons (Fsp3) is 0.350. The van der Waals surface area contributed by atoms with Gasteiger partial charge in [-0.1, -0.05) is 17.7 Å². The summed E-state index contributed by atoms with van der Waals surface area (Å²) in [5.41, 5.74) is 0.359. The van der Waals surface area contributed by atoms with E-state index in [2.05, 4.69) is 5.32 Å². The Morgan fingerprint density at radius 2 is 1.59 bits per heavy atom. The smallest absolute Gasteiger partial charge is 0.322 e. The van der Waals surface area contributed by atoms with E-state index < -0.39 is 18.4 Å². The van der Waals surface area contributed by atoms with Crippen LogP contribution in [0, 0.1) is 0 Å². The highest BCUT2D eigenvalue weighted by atomic mass is 35.5. The monoisotopic (exact) mass is 390 g/mol. The van der Waals surface area contributed by atoms with Crippen LogP contribution in [0.1, 0.15) is 48.4 Å². The second-order valence-electron chi connectivity index (χ2n) is 6.87. The first kappa shape index (κ1) is 20.7. The number of rotatable bonds is 6. The molecule has 0 atom stereocenters. The molecule has 0 radical (unpaired) electrons. The number of hydrogen-bond donors (Lipinski definition) is 2. The van der Waals surface area contributed by atoms with Gasteiger partial charge in [0.05, 0.1) is 11.1 Å². The number of nitrogens with one attached hydrogen (secondary N) is 1. The highest BCUT2D eigenvalue weighted by Gasteiger charge is 2.26. The minimum atomic E-state index is -1.16. The summed E-state index contributed by atoms with van der Waals surface area (Å²) in [5, 5.41) is 13.1. The van der Waals surface area contributed by atoms with Crippen molar-refractivity contribution in [2.45, 2.75) is 39.8 Å². The van der Waals surface area contributed by atoms with Crippen molar-refractivity contribution < 1.29 is 19.5 Å². The molecule has 0 aromatic heterocycles. The third-order valence-electron chi connectivity index (χ3n) is 4.16. The molecule has 2 amide bonds. The molecule has 0 saturated carbocycles. The number of halogens is 1. The maximum atomic E-state index is 13.2. The van der Waals surface area contributed by atoms with Crippen LogP contribution in [0.2, 0.25) is 5.02 Å². The van der Waals surface area contributed by atoms with E-state index in [1.54, 1.807) is 35.2 Å². The maximum Gasteiger partial charge on any atom is 0.322 e. The number of carbonyl (C=O) groups excluding carboxylic acids is 2. The highest BCUT2D eigenvalue weighted by Crippen LogP contribution is 2.25. The number of hydrogen-bond acceptors (Lipinski definition) is 3. The number of fused-ring (bicyclic) bond motifs is 1. The Balaban J connectivity index is 2.62. The van der Waals surface area contributed by atoms with Crippen molar-refractivity contribution in [2.75, 3.05) is 6.54 Å². The number of nitrogens with zero attached hydrogens (tertiary/aromatic N) is 1. The Morgan fingerprint density at radius 3 is 2.15 bits per heavy atom. The number of carboxylic acid groups (broad SMARTS) is 1. The molecular formula is C20H23ClN2O4. The van der Waals surface area contributed by atoms with E-state index >= 15 is 0 Å². The molecule has 0 spiro atoms. The van der Waals surface area contributed by atoms with Gasteiger partial charge in [-0.2, -0.15) is 0 Å². The molecule has 2 N–H and O–H groups in total. The van der Waals surface area contributed by atoms with Gasteiger partial charge in [0, 0.05) is 17.1 Å². The van der Waals surface area contributed by atoms with E-state index in [1.165, 1.54) is 0 Å². The van der Waals surface area contributed by atoms with Crippen molar-refractivity contribution in [1.82, 2.24) is 10.2 Å². The fourth-order valence-electron chi connectivity index (χ4n) is 3.09. The van der Waals surface area contributed by atoms with Gasteiger partial charge < -0.3 is 15.3 Å². The highest BCUT2D eigenvalue weighted by molar-refractivity contribution is 6.31. The molecule has 2 aromatic rings. The number of benzene rings is 2. The molecule has 6 nitrogen and oxygen atoms in total. The van der Waals surface area contributed by atoms with Gasteiger partial charge in [0.1, 0.15) is 6.54 Å². The molecule has 0 heterocycles. The van der Waals surface area contributed by atoms with Crippen molar-refractivity contribution in [3.63, 3.8) is 0 Å². The molecule has 0 unspecified atom stereocenters. The zero-order valence-corrected chi connectivity index (χ0v) is 16.5. The van der Waals surface area contributed by atoms with Crippen molar-refractivity contribution in [3.05, 3.63) is 46.5 Å². The van der Waals surface area contributed by atoms with Gasteiger partial charge in [-0.15, -0.1) is 0 Å². The van der Waals surface area contributed by atoms with Crippen LogP contribution in [0.3, 0.4) is 0 Å². The third-order valence-corrected chi connectivity index (χ3v) is 4.40. The van der Waals surface area contributed by atoms with E-state index in [0.29, 0.717) is 10.4 Å². The molecular weight excluding hydrogens is 368 g/mol. The normalized spacial score (nSPS) is 11.1. The van der Waals surface area contributed by atoms with Gasteiger partial charge in [0.15, 0.2) is 0 Å². The fourth-order valence-corrected chi connectivity index (χ4v) is 3.27. The minimum Gasteiger partial charge on any atom is -0.480 e. The third kappa shape index (κ3) is 4.77. The predicted molar refractivity (Wildman–Crippen MR) is 105 cm³/mol. The Morgan fingerprint density at radius 1 is 1.00 bits per heavy atom. The number of amides is 2. The summed E-state index contributed by atoms with van der Waals surface area (Å²) < 4.78 is 0. The van der Waals surface area contributed by atoms with E-state index in [1.807, 2.05) is 27.7 Å². The maximum absolute atomic E-state index is 13.2. The average molecular weight is 391 g/mol. The average Bonchev–Trinajstić information content (AvgIpc) is 2.57. The largest absolute Gasteiger partial charge is 0.480 e. The summed E-state index contributed by atoms with van der Waals surface area (Å²) in [5.74, 6) is -2.06. The topological polar surface area (TPSA) is 86.7 Å². The zero-order valence-electron chi connectivity index (χ0n) is 15.7. The van der Waals surface area contributed by atoms with Gasteiger partial charge in [-0.05, 0) is 62.7 Å². The first-order chi connectivity index (χ1) is 12.6. The van der Waals surface area contributed by atoms with Crippen LogP contribution in [-0.4, -0.2) is 46.4 Å². The lowest BCUT2D eigenvalue weighted by Crippen LogP contribution is -2.43. The van der Waals surface area contributed by atoms with Gasteiger partial charge >= 0.3 is 5.97 Å². The summed E-state index contributed by atoms with van der Waals surface area (Å²) in [4.78, 5) is 38.3. The Kier molecular flexibility index (Phi) is 6.44. The quantitative estimate of drug-likeness (QED) is 0.789. The van der Waals surface area contributed by atoms with Crippen molar-refractivity contribution >= 4 is 40.2 Å². The Labute approximate surface area is 163 Å². The molecule has 0 aliphatic heterocycles. The molecule has 27 heavy (non-hydrogen) atoms. The molecule has 144 valence electrons. The molecule has 0 saturated heterocycles. The minimum absolute atomic E-state index is 0.0617. The molecule has 7 heteroatoms. The van der Waals surface area contributed by atoms with Crippen LogP contribution >= 0.6 is 11.6 Å². The van der Waals surface area contributed by atoms with Gasteiger partial charge in [-0.25, -0.2) is 0 Å². The summed E-state index contributed by atoms with van der Waals surface area (Å²) in [6, 6.07) is 8.29. The number of carboxylic acids is 1. The van der Waals surface area contributed by atoms with Crippen LogP contribution in [0.4, 0.5) is 0 Å². The molecule has 0 bridgehead atoms. The second kappa shape index (κ2) is 8.39. The van der Waals surface area contributed by atoms with Crippen LogP contribution in [0.5, 0.6) is 0 Å². The lowest BCUT2D eigenvalue weighted by Gasteiger charge is -2.31. The van der Waals surface area contributed by atoms with Crippen LogP contribution in [-0.2, 0) is 4.79 Å². The summed E-state index contributed by atoms with van der Waals surface area (Å²) in [7, 11) is 0. The van der Waals surface area contributed by atoms with Gasteiger partial charge in [0.2, 0.25) is 0 Å². The molecule has 0 aliphatic rings. The molecule has 2 aromatic carbocycles. The van der Waals surface area contributed by atoms with Crippen LogP contribution in [0.25, 0.3) is 10.8 Å². The second-order valence-corrected chi connectivity index (χ2v) is 7.30. The number of aliphatic carboxylic acids is 1. The predicted octanol–water partition coefficient (Wildman–Crippen LogP) is 3.57. The lowest BCUT2D eigenvalue weighted by molar-refractivity contribution is -0.135. The molecule has 0 fully saturated rings. The van der Waals surface area contributed by atoms with Crippen molar-refractivity contribution in [3.8, 4) is 0 Å². The molecule has 2 rings (SSSR count). The summed E-state index contributed by atoms with van der Waals surface area (Å²) in [6.45, 7) is 7.09. The van der Waals surface area contributed by atoms with E-state index in [-0.39, 0.29) is 29.1 Å². The van der Waals surface area contributed by atoms with Crippen molar-refractivity contribution in [1.29, 1.82) is 0 Å². The van der Waals surface area contributed by atoms with E-state index in [9.17, 15) is 14.4 Å². The SMILES string of the molecule is CC(C)N(C(=O)c1cc2ccc(Cl)cc2cc1C(=O)NCC(=O)O)C(C)C. The van der Waals surface area contributed by atoms with E-state index in [4.69, 9.17) is 16.7 Å². The first-order valence-corrected chi connectivity index (χ1v) is 9.05. The van der Waals surface area contributed by atoms with Gasteiger partial charge in [0.25, 0.3) is 11.8 Å². The Hall–Kier alpha value is -2.60. The van der Waals surface area contributed by atoms with E-state index in [0.717, 1.165) is 5.39 Å². The van der Waals surface area contributed by atoms with Crippen LogP contribution in [0.15, 0.2) is 30.3 Å². The van der Waals surface area contributed by atoms with Crippen LogP contribution < -0.4 is 5.32 Å². The number of carbonyl (C=O) groups is 3. The van der Waals surface area contributed by atoms with Gasteiger partial charge in [-0.3, -0.25) is 14.4 Å². The first-order valence-electron chi connectivity index (χ1n) is 8.67.